The summed E-state index contributed by atoms with van der Waals surface area (Å²) < 4.78 is 0. The highest BCUT2D eigenvalue weighted by molar-refractivity contribution is 5.96. The summed E-state index contributed by atoms with van der Waals surface area (Å²) in [7, 11) is 0. The number of carbonyl (C=O) groups is 9. The number of rotatable bonds is 25. The summed E-state index contributed by atoms with van der Waals surface area (Å²) in [5, 5.41) is 35.1. The highest BCUT2D eigenvalue weighted by atomic mass is 16.4. The number of hydrogen-bond acceptors (Lipinski definition) is 13. The van der Waals surface area contributed by atoms with Crippen LogP contribution in [0.15, 0.2) is 0 Å². The molecule has 296 valence electrons. The summed E-state index contributed by atoms with van der Waals surface area (Å²) in [5.74, 6) is -6.67. The van der Waals surface area contributed by atoms with E-state index in [9.17, 15) is 53.4 Å². The number of carbonyl (C=O) groups excluding carboxylic acids is 7. The van der Waals surface area contributed by atoms with E-state index in [2.05, 4.69) is 31.9 Å². The van der Waals surface area contributed by atoms with E-state index in [1.807, 2.05) is 20.8 Å². The molecule has 0 aromatic rings. The van der Waals surface area contributed by atoms with Crippen molar-refractivity contribution in [2.24, 2.45) is 0 Å². The Balaban J connectivity index is 5.16. The molecular formula is C33H58N8O11. The Morgan fingerprint density at radius 1 is 0.481 bits per heavy atom. The zero-order valence-electron chi connectivity index (χ0n) is 32.0. The molecule has 52 heavy (non-hydrogen) atoms. The first-order chi connectivity index (χ1) is 23.6. The molecule has 0 rings (SSSR count). The lowest BCUT2D eigenvalue weighted by Gasteiger charge is -2.31. The zero-order chi connectivity index (χ0) is 40.7. The minimum atomic E-state index is -1.37. The van der Waals surface area contributed by atoms with Gasteiger partial charge in [-0.3, -0.25) is 48.5 Å². The summed E-state index contributed by atoms with van der Waals surface area (Å²) in [5.41, 5.74) is -3.84. The van der Waals surface area contributed by atoms with Gasteiger partial charge < -0.3 is 46.6 Å². The largest absolute Gasteiger partial charge is 0.480 e. The van der Waals surface area contributed by atoms with Gasteiger partial charge in [0.15, 0.2) is 11.6 Å². The lowest BCUT2D eigenvalue weighted by atomic mass is 9.97. The van der Waals surface area contributed by atoms with Crippen LogP contribution in [0.2, 0.25) is 0 Å². The van der Waals surface area contributed by atoms with Gasteiger partial charge in [-0.05, 0) is 69.2 Å². The van der Waals surface area contributed by atoms with Crippen molar-refractivity contribution < 1.29 is 53.4 Å². The van der Waals surface area contributed by atoms with E-state index in [0.29, 0.717) is 0 Å². The van der Waals surface area contributed by atoms with Crippen LogP contribution < -0.4 is 31.9 Å². The van der Waals surface area contributed by atoms with Crippen LogP contribution in [0.3, 0.4) is 0 Å². The predicted octanol–water partition coefficient (Wildman–Crippen LogP) is -2.73. The molecule has 0 bridgehead atoms. The van der Waals surface area contributed by atoms with Crippen molar-refractivity contribution in [3.63, 3.8) is 0 Å². The Labute approximate surface area is 304 Å². The highest BCUT2D eigenvalue weighted by Crippen LogP contribution is 2.09. The van der Waals surface area contributed by atoms with E-state index in [1.165, 1.54) is 34.6 Å². The Hall–Kier alpha value is -4.33. The number of nitrogens with one attached hydrogen (secondary N) is 6. The van der Waals surface area contributed by atoms with Crippen molar-refractivity contribution in [1.82, 2.24) is 41.7 Å². The number of carboxylic acid groups (broad SMARTS) is 2. The Kier molecular flexibility index (Phi) is 18.9. The fourth-order valence-corrected chi connectivity index (χ4v) is 3.95. The van der Waals surface area contributed by atoms with Crippen LogP contribution in [-0.2, 0) is 43.2 Å². The molecule has 0 aromatic carbocycles. The normalized spacial score (nSPS) is 12.0. The molecule has 8 N–H and O–H groups in total. The molecule has 0 saturated carbocycles. The Morgan fingerprint density at radius 3 is 1.13 bits per heavy atom. The third-order valence-corrected chi connectivity index (χ3v) is 7.90. The first-order valence-corrected chi connectivity index (χ1v) is 16.7. The highest BCUT2D eigenvalue weighted by Gasteiger charge is 2.33. The van der Waals surface area contributed by atoms with Gasteiger partial charge in [-0.15, -0.1) is 0 Å². The lowest BCUT2D eigenvalue weighted by Crippen LogP contribution is -2.57. The number of Topliss-reactive ketones (excluding diaryl/α,β-unsaturated/α-hetero) is 3. The monoisotopic (exact) mass is 742 g/mol. The maximum Gasteiger partial charge on any atom is 0.323 e. The summed E-state index contributed by atoms with van der Waals surface area (Å²) >= 11 is 0. The minimum absolute atomic E-state index is 0.0674. The van der Waals surface area contributed by atoms with Gasteiger partial charge in [0, 0.05) is 18.6 Å². The molecule has 0 atom stereocenters. The van der Waals surface area contributed by atoms with Gasteiger partial charge in [0.05, 0.1) is 55.9 Å². The van der Waals surface area contributed by atoms with Crippen LogP contribution in [0.5, 0.6) is 0 Å². The second-order valence-electron chi connectivity index (χ2n) is 14.9. The van der Waals surface area contributed by atoms with Crippen LogP contribution in [0.4, 0.5) is 0 Å². The second-order valence-corrected chi connectivity index (χ2v) is 14.9. The number of ketones is 3. The smallest absolute Gasteiger partial charge is 0.323 e. The summed E-state index contributed by atoms with van der Waals surface area (Å²) in [6, 6.07) is 0. The molecule has 0 saturated heterocycles. The van der Waals surface area contributed by atoms with Crippen LogP contribution in [0, 0.1) is 0 Å². The number of amides is 4. The predicted molar refractivity (Wildman–Crippen MR) is 189 cm³/mol. The van der Waals surface area contributed by atoms with E-state index in [1.54, 1.807) is 13.8 Å². The molecule has 19 nitrogen and oxygen atoms in total. The van der Waals surface area contributed by atoms with Gasteiger partial charge in [-0.25, -0.2) is 0 Å². The second kappa shape index (κ2) is 20.6. The van der Waals surface area contributed by atoms with Gasteiger partial charge in [0.1, 0.15) is 18.9 Å². The molecular weight excluding hydrogens is 684 g/mol. The Bertz CT molecular complexity index is 1340. The molecule has 0 spiro atoms. The van der Waals surface area contributed by atoms with Gasteiger partial charge in [0.2, 0.25) is 23.6 Å². The maximum atomic E-state index is 13.2. The number of hydrogen-bond donors (Lipinski definition) is 8. The first kappa shape index (κ1) is 47.7. The van der Waals surface area contributed by atoms with E-state index < -0.39 is 103 Å². The average molecular weight is 743 g/mol. The van der Waals surface area contributed by atoms with Crippen LogP contribution >= 0.6 is 0 Å². The molecule has 4 amide bonds. The average Bonchev–Trinajstić information content (AvgIpc) is 3.00. The third kappa shape index (κ3) is 19.3. The molecule has 0 aliphatic rings. The van der Waals surface area contributed by atoms with Gasteiger partial charge in [-0.1, -0.05) is 0 Å². The Morgan fingerprint density at radius 2 is 0.827 bits per heavy atom. The van der Waals surface area contributed by atoms with Crippen molar-refractivity contribution >= 4 is 52.9 Å². The van der Waals surface area contributed by atoms with Gasteiger partial charge >= 0.3 is 11.9 Å². The summed E-state index contributed by atoms with van der Waals surface area (Å²) in [6.45, 7) is 12.3. The van der Waals surface area contributed by atoms with Crippen LogP contribution in [-0.4, -0.2) is 161 Å². The van der Waals surface area contributed by atoms with E-state index >= 15 is 0 Å². The molecule has 0 aliphatic heterocycles. The molecule has 19 heteroatoms. The standard InChI is InChI=1S/C33H58N8O11/c1-21(42)31(5,6)39-14-25(46)35-16-27(48)41(20-29(51)52)18-23(44)33(9,10)37-12-11-36-32(7,8)22(43)17-40(19-28(49)50)26(47)15-34-24(45)13-38-30(2,3)4/h36-39H,11-20H2,1-10H3,(H,34,45)(H,35,46)(H,49,50)(H,51,52). The van der Waals surface area contributed by atoms with Gasteiger partial charge in [0.25, 0.3) is 0 Å². The van der Waals surface area contributed by atoms with Crippen LogP contribution in [0.25, 0.3) is 0 Å². The third-order valence-electron chi connectivity index (χ3n) is 7.90. The molecule has 0 radical (unpaired) electrons. The topological polar surface area (TPSA) is 273 Å². The summed E-state index contributed by atoms with van der Waals surface area (Å²) in [6.07, 6.45) is 0. The number of aliphatic carboxylic acids is 2. The van der Waals surface area contributed by atoms with Crippen molar-refractivity contribution in [2.45, 2.75) is 91.4 Å². The lowest BCUT2D eigenvalue weighted by molar-refractivity contribution is -0.146. The molecule has 0 unspecified atom stereocenters. The quantitative estimate of drug-likeness (QED) is 0.0441. The van der Waals surface area contributed by atoms with Gasteiger partial charge in [-0.2, -0.15) is 0 Å². The number of carboxylic acids is 2. The van der Waals surface area contributed by atoms with Crippen molar-refractivity contribution in [3.8, 4) is 0 Å². The van der Waals surface area contributed by atoms with E-state index in [0.717, 1.165) is 9.80 Å². The zero-order valence-corrected chi connectivity index (χ0v) is 32.0. The van der Waals surface area contributed by atoms with E-state index in [-0.39, 0.29) is 37.5 Å². The van der Waals surface area contributed by atoms with Crippen LogP contribution in [0.1, 0.15) is 69.2 Å². The summed E-state index contributed by atoms with van der Waals surface area (Å²) in [4.78, 5) is 112. The fraction of sp³-hybridized carbons (Fsp3) is 0.727. The number of nitrogens with zero attached hydrogens (tertiary/aromatic N) is 2. The van der Waals surface area contributed by atoms with Crippen molar-refractivity contribution in [1.29, 1.82) is 0 Å². The fourth-order valence-electron chi connectivity index (χ4n) is 3.95. The maximum absolute atomic E-state index is 13.2. The minimum Gasteiger partial charge on any atom is -0.480 e. The van der Waals surface area contributed by atoms with Crippen molar-refractivity contribution in [3.05, 3.63) is 0 Å². The van der Waals surface area contributed by atoms with Crippen molar-refractivity contribution in [2.75, 3.05) is 65.4 Å². The molecule has 0 heterocycles. The SMILES string of the molecule is CC(=O)C(C)(C)NCC(=O)NCC(=O)N(CC(=O)O)CC(=O)C(C)(C)NCCNC(C)(C)C(=O)CN(CC(=O)O)C(=O)CNC(=O)CNC(C)(C)C. The first-order valence-electron chi connectivity index (χ1n) is 16.7. The molecule has 0 fully saturated rings. The molecule has 0 aromatic heterocycles. The molecule has 0 aliphatic carbocycles. The van der Waals surface area contributed by atoms with E-state index in [4.69, 9.17) is 0 Å².